The molecule has 3 N–H and O–H groups in total. The number of fused-ring (bicyclic) bond motifs is 2. The summed E-state index contributed by atoms with van der Waals surface area (Å²) in [6, 6.07) is 14.3. The molecule has 0 fully saturated rings. The molecule has 0 spiro atoms. The molecule has 0 saturated carbocycles. The normalized spacial score (nSPS) is 11.0. The summed E-state index contributed by atoms with van der Waals surface area (Å²) in [5.41, 5.74) is 2.94. The van der Waals surface area contributed by atoms with Gasteiger partial charge in [-0.2, -0.15) is 0 Å². The Labute approximate surface area is 153 Å². The van der Waals surface area contributed by atoms with Crippen molar-refractivity contribution in [3.05, 3.63) is 76.2 Å². The highest BCUT2D eigenvalue weighted by atomic mass is 19.1. The first-order chi connectivity index (χ1) is 13.0. The van der Waals surface area contributed by atoms with Gasteiger partial charge in [0.1, 0.15) is 5.82 Å². The topological polar surface area (TPSA) is 82.2 Å². The molecule has 134 valence electrons. The summed E-state index contributed by atoms with van der Waals surface area (Å²) in [7, 11) is 1.66. The third-order valence-corrected chi connectivity index (χ3v) is 4.58. The lowest BCUT2D eigenvalue weighted by molar-refractivity contribution is 0.0697. The lowest BCUT2D eigenvalue weighted by atomic mass is 10.00. The van der Waals surface area contributed by atoms with Crippen LogP contribution in [0.4, 0.5) is 10.1 Å². The first kappa shape index (κ1) is 16.8. The zero-order valence-electron chi connectivity index (χ0n) is 14.3. The second-order valence-corrected chi connectivity index (χ2v) is 6.23. The maximum absolute atomic E-state index is 13.9. The van der Waals surface area contributed by atoms with Gasteiger partial charge in [0.05, 0.1) is 22.2 Å². The SMILES string of the molecule is CNc1cc(F)cc2c(=O)c3cc(-c4cccc(C(=O)O)c4)ccc3[nH]c12. The minimum absolute atomic E-state index is 0.167. The van der Waals surface area contributed by atoms with Crippen molar-refractivity contribution in [1.29, 1.82) is 0 Å². The van der Waals surface area contributed by atoms with Crippen molar-refractivity contribution < 1.29 is 14.3 Å². The molecule has 1 heterocycles. The quantitative estimate of drug-likeness (QED) is 0.477. The third kappa shape index (κ3) is 2.81. The van der Waals surface area contributed by atoms with Crippen molar-refractivity contribution in [2.24, 2.45) is 0 Å². The van der Waals surface area contributed by atoms with Gasteiger partial charge in [0.15, 0.2) is 5.43 Å². The summed E-state index contributed by atoms with van der Waals surface area (Å²) >= 11 is 0. The number of aromatic nitrogens is 1. The maximum atomic E-state index is 13.9. The number of hydrogen-bond donors (Lipinski definition) is 3. The number of nitrogens with one attached hydrogen (secondary N) is 2. The molecule has 5 nitrogen and oxygen atoms in total. The largest absolute Gasteiger partial charge is 0.478 e. The number of carboxylic acids is 1. The Kier molecular flexibility index (Phi) is 3.88. The van der Waals surface area contributed by atoms with Crippen LogP contribution in [-0.2, 0) is 0 Å². The predicted molar refractivity (Wildman–Crippen MR) is 104 cm³/mol. The molecule has 4 aromatic rings. The molecule has 0 aliphatic carbocycles. The van der Waals surface area contributed by atoms with Crippen LogP contribution in [-0.4, -0.2) is 23.1 Å². The zero-order chi connectivity index (χ0) is 19.1. The Bertz CT molecular complexity index is 1280. The van der Waals surface area contributed by atoms with Gasteiger partial charge in [-0.1, -0.05) is 18.2 Å². The molecule has 6 heteroatoms. The van der Waals surface area contributed by atoms with Crippen LogP contribution in [0, 0.1) is 5.82 Å². The number of anilines is 1. The standard InChI is InChI=1S/C21H15FN2O3/c1-23-18-10-14(22)9-16-19(18)24-17-6-5-12(8-15(17)20(16)25)11-3-2-4-13(7-11)21(26)27/h2-10,23H,1H3,(H,24,25)(H,26,27). The van der Waals surface area contributed by atoms with E-state index in [-0.39, 0.29) is 16.4 Å². The van der Waals surface area contributed by atoms with E-state index in [4.69, 9.17) is 5.11 Å². The lowest BCUT2D eigenvalue weighted by Crippen LogP contribution is -2.06. The molecular formula is C21H15FN2O3. The monoisotopic (exact) mass is 362 g/mol. The minimum Gasteiger partial charge on any atom is -0.478 e. The van der Waals surface area contributed by atoms with Gasteiger partial charge in [-0.05, 0) is 47.5 Å². The van der Waals surface area contributed by atoms with Crippen LogP contribution in [0.3, 0.4) is 0 Å². The van der Waals surface area contributed by atoms with Gasteiger partial charge < -0.3 is 15.4 Å². The summed E-state index contributed by atoms with van der Waals surface area (Å²) in [4.78, 5) is 27.3. The van der Waals surface area contributed by atoms with E-state index in [1.807, 2.05) is 6.07 Å². The molecule has 0 radical (unpaired) electrons. The van der Waals surface area contributed by atoms with Crippen molar-refractivity contribution >= 4 is 33.5 Å². The summed E-state index contributed by atoms with van der Waals surface area (Å²) < 4.78 is 13.9. The van der Waals surface area contributed by atoms with Crippen molar-refractivity contribution in [2.45, 2.75) is 0 Å². The first-order valence-electron chi connectivity index (χ1n) is 8.28. The number of aromatic amines is 1. The average Bonchev–Trinajstić information content (AvgIpc) is 2.68. The molecule has 0 atom stereocenters. The molecule has 0 aliphatic rings. The van der Waals surface area contributed by atoms with Crippen LogP contribution in [0.5, 0.6) is 0 Å². The number of aromatic carboxylic acids is 1. The number of benzene rings is 3. The van der Waals surface area contributed by atoms with E-state index in [0.29, 0.717) is 33.2 Å². The molecule has 1 aromatic heterocycles. The fourth-order valence-electron chi connectivity index (χ4n) is 3.25. The Morgan fingerprint density at radius 2 is 1.81 bits per heavy atom. The Morgan fingerprint density at radius 3 is 2.56 bits per heavy atom. The van der Waals surface area contributed by atoms with E-state index in [9.17, 15) is 14.0 Å². The van der Waals surface area contributed by atoms with E-state index in [1.54, 1.807) is 37.4 Å². The first-order valence-corrected chi connectivity index (χ1v) is 8.28. The van der Waals surface area contributed by atoms with E-state index >= 15 is 0 Å². The fourth-order valence-corrected chi connectivity index (χ4v) is 3.25. The second kappa shape index (κ2) is 6.25. The van der Waals surface area contributed by atoms with Crippen molar-refractivity contribution in [3.8, 4) is 11.1 Å². The molecule has 4 rings (SSSR count). The molecule has 0 aliphatic heterocycles. The Morgan fingerprint density at radius 1 is 1.04 bits per heavy atom. The number of hydrogen-bond acceptors (Lipinski definition) is 3. The van der Waals surface area contributed by atoms with Crippen LogP contribution in [0.25, 0.3) is 32.9 Å². The highest BCUT2D eigenvalue weighted by Crippen LogP contribution is 2.27. The van der Waals surface area contributed by atoms with Gasteiger partial charge in [0, 0.05) is 18.0 Å². The van der Waals surface area contributed by atoms with E-state index in [0.717, 1.165) is 0 Å². The van der Waals surface area contributed by atoms with Gasteiger partial charge in [0.2, 0.25) is 0 Å². The van der Waals surface area contributed by atoms with Gasteiger partial charge in [-0.3, -0.25) is 4.79 Å². The molecule has 3 aromatic carbocycles. The number of pyridine rings is 1. The van der Waals surface area contributed by atoms with Crippen LogP contribution >= 0.6 is 0 Å². The summed E-state index contributed by atoms with van der Waals surface area (Å²) in [6.45, 7) is 0. The number of rotatable bonds is 3. The van der Waals surface area contributed by atoms with E-state index in [2.05, 4.69) is 10.3 Å². The van der Waals surface area contributed by atoms with Gasteiger partial charge in [0.25, 0.3) is 0 Å². The van der Waals surface area contributed by atoms with Crippen molar-refractivity contribution in [2.75, 3.05) is 12.4 Å². The smallest absolute Gasteiger partial charge is 0.335 e. The summed E-state index contributed by atoms with van der Waals surface area (Å²) in [5.74, 6) is -1.52. The zero-order valence-corrected chi connectivity index (χ0v) is 14.3. The number of carboxylic acid groups (broad SMARTS) is 1. The fraction of sp³-hybridized carbons (Fsp3) is 0.0476. The van der Waals surface area contributed by atoms with Crippen molar-refractivity contribution in [1.82, 2.24) is 4.98 Å². The molecule has 27 heavy (non-hydrogen) atoms. The molecule has 0 bridgehead atoms. The van der Waals surface area contributed by atoms with E-state index in [1.165, 1.54) is 18.2 Å². The predicted octanol–water partition coefficient (Wildman–Crippen LogP) is 4.23. The third-order valence-electron chi connectivity index (χ3n) is 4.58. The maximum Gasteiger partial charge on any atom is 0.335 e. The second-order valence-electron chi connectivity index (χ2n) is 6.23. The number of H-pyrrole nitrogens is 1. The molecule has 0 amide bonds. The molecule has 0 unspecified atom stereocenters. The highest BCUT2D eigenvalue weighted by molar-refractivity contribution is 5.99. The number of carbonyl (C=O) groups is 1. The van der Waals surface area contributed by atoms with Crippen LogP contribution in [0.1, 0.15) is 10.4 Å². The van der Waals surface area contributed by atoms with Crippen LogP contribution in [0.2, 0.25) is 0 Å². The molecular weight excluding hydrogens is 347 g/mol. The highest BCUT2D eigenvalue weighted by Gasteiger charge is 2.12. The number of halogens is 1. The van der Waals surface area contributed by atoms with Gasteiger partial charge in [-0.15, -0.1) is 0 Å². The van der Waals surface area contributed by atoms with E-state index < -0.39 is 11.8 Å². The molecule has 0 saturated heterocycles. The minimum atomic E-state index is -1.02. The van der Waals surface area contributed by atoms with Crippen molar-refractivity contribution in [3.63, 3.8) is 0 Å². The van der Waals surface area contributed by atoms with Gasteiger partial charge in [-0.25, -0.2) is 9.18 Å². The Balaban J connectivity index is 1.99. The van der Waals surface area contributed by atoms with Crippen LogP contribution in [0.15, 0.2) is 59.4 Å². The summed E-state index contributed by atoms with van der Waals surface area (Å²) in [5, 5.41) is 12.7. The van der Waals surface area contributed by atoms with Crippen LogP contribution < -0.4 is 10.7 Å². The Hall–Kier alpha value is -3.67. The summed E-state index contributed by atoms with van der Waals surface area (Å²) in [6.07, 6.45) is 0. The van der Waals surface area contributed by atoms with Gasteiger partial charge >= 0.3 is 5.97 Å². The lowest BCUT2D eigenvalue weighted by Gasteiger charge is -2.10. The average molecular weight is 362 g/mol.